The molecule has 0 spiro atoms. The quantitative estimate of drug-likeness (QED) is 0.526. The number of anilines is 1. The Morgan fingerprint density at radius 2 is 2.03 bits per heavy atom. The van der Waals surface area contributed by atoms with Gasteiger partial charge in [0.15, 0.2) is 5.13 Å². The van der Waals surface area contributed by atoms with E-state index < -0.39 is 0 Å². The van der Waals surface area contributed by atoms with Gasteiger partial charge in [0.05, 0.1) is 5.69 Å². The molecule has 0 aliphatic rings. The monoisotopic (exact) mass is 422 g/mol. The summed E-state index contributed by atoms with van der Waals surface area (Å²) in [6.45, 7) is 10.9. The highest BCUT2D eigenvalue weighted by atomic mass is 32.1. The first-order valence-corrected chi connectivity index (χ1v) is 10.6. The van der Waals surface area contributed by atoms with Gasteiger partial charge >= 0.3 is 0 Å². The number of hydrogen-bond acceptors (Lipinski definition) is 4. The lowest BCUT2D eigenvalue weighted by molar-refractivity contribution is -0.116. The van der Waals surface area contributed by atoms with Gasteiger partial charge in [0.25, 0.3) is 5.91 Å². The molecule has 2 N–H and O–H groups in total. The fourth-order valence-electron chi connectivity index (χ4n) is 3.29. The molecule has 2 amide bonds. The second-order valence-electron chi connectivity index (χ2n) is 7.15. The van der Waals surface area contributed by atoms with E-state index in [0.29, 0.717) is 10.7 Å². The summed E-state index contributed by atoms with van der Waals surface area (Å²) in [5.41, 5.74) is 5.77. The Bertz CT molecular complexity index is 1080. The lowest BCUT2D eigenvalue weighted by Gasteiger charge is -2.06. The number of carbonyl (C=O) groups is 2. The molecule has 0 aliphatic heterocycles. The minimum Gasteiger partial charge on any atom is -0.352 e. The molecule has 2 aromatic heterocycles. The first-order chi connectivity index (χ1) is 14.4. The fraction of sp³-hybridized carbons (Fsp3) is 0.261. The molecule has 156 valence electrons. The van der Waals surface area contributed by atoms with E-state index in [4.69, 9.17) is 0 Å². The third kappa shape index (κ3) is 5.04. The van der Waals surface area contributed by atoms with Crippen LogP contribution >= 0.6 is 11.3 Å². The Balaban J connectivity index is 1.55. The zero-order valence-corrected chi connectivity index (χ0v) is 18.3. The van der Waals surface area contributed by atoms with E-state index in [1.807, 2.05) is 36.6 Å². The number of aromatic nitrogens is 2. The molecule has 0 aliphatic carbocycles. The van der Waals surface area contributed by atoms with Crippen LogP contribution in [0.3, 0.4) is 0 Å². The Labute approximate surface area is 180 Å². The van der Waals surface area contributed by atoms with Crippen molar-refractivity contribution in [3.8, 4) is 11.3 Å². The summed E-state index contributed by atoms with van der Waals surface area (Å²) in [6, 6.07) is 9.44. The van der Waals surface area contributed by atoms with Crippen LogP contribution in [-0.4, -0.2) is 27.9 Å². The summed E-state index contributed by atoms with van der Waals surface area (Å²) in [6.07, 6.45) is 2.05. The largest absolute Gasteiger partial charge is 0.352 e. The molecule has 30 heavy (non-hydrogen) atoms. The highest BCUT2D eigenvalue weighted by Crippen LogP contribution is 2.30. The molecule has 0 radical (unpaired) electrons. The number of nitrogens with zero attached hydrogens (tertiary/aromatic N) is 2. The second-order valence-corrected chi connectivity index (χ2v) is 8.00. The second kappa shape index (κ2) is 9.54. The van der Waals surface area contributed by atoms with Crippen molar-refractivity contribution in [2.24, 2.45) is 0 Å². The predicted octanol–water partition coefficient (Wildman–Crippen LogP) is 4.48. The van der Waals surface area contributed by atoms with Gasteiger partial charge in [-0.25, -0.2) is 4.98 Å². The molecule has 6 nitrogen and oxygen atoms in total. The van der Waals surface area contributed by atoms with Crippen molar-refractivity contribution < 1.29 is 9.59 Å². The molecule has 0 fully saturated rings. The predicted molar refractivity (Wildman–Crippen MR) is 122 cm³/mol. The molecule has 7 heteroatoms. The van der Waals surface area contributed by atoms with E-state index in [1.54, 1.807) is 6.07 Å². The first-order valence-electron chi connectivity index (χ1n) is 9.77. The molecular formula is C23H26N4O2S. The third-order valence-corrected chi connectivity index (χ3v) is 5.59. The lowest BCUT2D eigenvalue weighted by atomic mass is 10.1. The van der Waals surface area contributed by atoms with Crippen molar-refractivity contribution >= 4 is 28.3 Å². The molecular weight excluding hydrogens is 396 g/mol. The minimum atomic E-state index is -0.183. The van der Waals surface area contributed by atoms with Gasteiger partial charge in [0.2, 0.25) is 5.91 Å². The maximum Gasteiger partial charge on any atom is 0.251 e. The van der Waals surface area contributed by atoms with E-state index in [-0.39, 0.29) is 24.8 Å². The summed E-state index contributed by atoms with van der Waals surface area (Å²) in [7, 11) is 0. The minimum absolute atomic E-state index is 0.181. The average Bonchev–Trinajstić information content (AvgIpc) is 3.27. The molecule has 3 aromatic rings. The summed E-state index contributed by atoms with van der Waals surface area (Å²) >= 11 is 1.39. The summed E-state index contributed by atoms with van der Waals surface area (Å²) in [4.78, 5) is 28.9. The van der Waals surface area contributed by atoms with Crippen LogP contribution in [-0.2, 0) is 11.3 Å². The van der Waals surface area contributed by atoms with Crippen LogP contribution in [0.1, 0.15) is 33.7 Å². The maximum atomic E-state index is 12.2. The van der Waals surface area contributed by atoms with Gasteiger partial charge in [-0.1, -0.05) is 23.8 Å². The third-order valence-electron chi connectivity index (χ3n) is 4.83. The summed E-state index contributed by atoms with van der Waals surface area (Å²) < 4.78 is 2.18. The Morgan fingerprint density at radius 1 is 1.23 bits per heavy atom. The Kier molecular flexibility index (Phi) is 6.84. The topological polar surface area (TPSA) is 76.0 Å². The van der Waals surface area contributed by atoms with Gasteiger partial charge in [0, 0.05) is 47.4 Å². The summed E-state index contributed by atoms with van der Waals surface area (Å²) in [5, 5.41) is 8.08. The van der Waals surface area contributed by atoms with Crippen molar-refractivity contribution in [2.75, 3.05) is 11.9 Å². The molecule has 0 atom stereocenters. The molecule has 0 saturated heterocycles. The highest BCUT2D eigenvalue weighted by molar-refractivity contribution is 7.14. The van der Waals surface area contributed by atoms with Crippen molar-refractivity contribution in [1.82, 2.24) is 14.9 Å². The van der Waals surface area contributed by atoms with Crippen molar-refractivity contribution in [3.05, 3.63) is 70.9 Å². The van der Waals surface area contributed by atoms with E-state index >= 15 is 0 Å². The number of aryl methyl sites for hydroxylation is 2. The number of carbonyl (C=O) groups excluding carboxylic acids is 2. The highest BCUT2D eigenvalue weighted by Gasteiger charge is 2.14. The first kappa shape index (κ1) is 21.5. The number of amides is 2. The zero-order chi connectivity index (χ0) is 21.7. The van der Waals surface area contributed by atoms with Gasteiger partial charge < -0.3 is 15.2 Å². The smallest absolute Gasteiger partial charge is 0.251 e. The van der Waals surface area contributed by atoms with E-state index in [1.165, 1.54) is 11.3 Å². The van der Waals surface area contributed by atoms with E-state index in [0.717, 1.165) is 34.8 Å². The fourth-order valence-corrected chi connectivity index (χ4v) is 4.01. The molecule has 0 saturated carbocycles. The normalized spacial score (nSPS) is 10.6. The van der Waals surface area contributed by atoms with Crippen LogP contribution in [0.5, 0.6) is 0 Å². The standard InChI is InChI=1S/C23H26N4O2S/c1-5-11-27-16(3)13-19(17(27)4)20-14-30-23(25-20)26-21(28)9-10-24-22(29)18-8-6-7-15(2)12-18/h5-8,12-14H,1,9-11H2,2-4H3,(H,24,29)(H,25,26,28). The number of hydrogen-bond donors (Lipinski definition) is 2. The van der Waals surface area contributed by atoms with Crippen LogP contribution in [0.2, 0.25) is 0 Å². The van der Waals surface area contributed by atoms with E-state index in [9.17, 15) is 9.59 Å². The van der Waals surface area contributed by atoms with Gasteiger partial charge in [-0.2, -0.15) is 0 Å². The van der Waals surface area contributed by atoms with Gasteiger partial charge in [-0.15, -0.1) is 17.9 Å². The van der Waals surface area contributed by atoms with Gasteiger partial charge in [-0.05, 0) is 39.0 Å². The maximum absolute atomic E-state index is 12.2. The van der Waals surface area contributed by atoms with Crippen LogP contribution in [0.15, 0.2) is 48.4 Å². The van der Waals surface area contributed by atoms with Gasteiger partial charge in [0.1, 0.15) is 0 Å². The van der Waals surface area contributed by atoms with E-state index in [2.05, 4.69) is 46.7 Å². The molecule has 3 rings (SSSR count). The Morgan fingerprint density at radius 3 is 2.77 bits per heavy atom. The number of allylic oxidation sites excluding steroid dienone is 1. The number of nitrogens with one attached hydrogen (secondary N) is 2. The van der Waals surface area contributed by atoms with Crippen molar-refractivity contribution in [3.63, 3.8) is 0 Å². The molecule has 2 heterocycles. The van der Waals surface area contributed by atoms with Crippen molar-refractivity contribution in [2.45, 2.75) is 33.7 Å². The van der Waals surface area contributed by atoms with Gasteiger partial charge in [-0.3, -0.25) is 9.59 Å². The molecule has 1 aromatic carbocycles. The zero-order valence-electron chi connectivity index (χ0n) is 17.5. The van der Waals surface area contributed by atoms with Crippen LogP contribution in [0.4, 0.5) is 5.13 Å². The average molecular weight is 423 g/mol. The number of thiazole rings is 1. The molecule has 0 unspecified atom stereocenters. The molecule has 0 bridgehead atoms. The summed E-state index contributed by atoms with van der Waals surface area (Å²) in [5.74, 6) is -0.365. The van der Waals surface area contributed by atoms with Crippen LogP contribution in [0, 0.1) is 20.8 Å². The SMILES string of the molecule is C=CCn1c(C)cc(-c2csc(NC(=O)CCNC(=O)c3cccc(C)c3)n2)c1C. The number of benzene rings is 1. The van der Waals surface area contributed by atoms with Crippen molar-refractivity contribution in [1.29, 1.82) is 0 Å². The lowest BCUT2D eigenvalue weighted by Crippen LogP contribution is -2.27. The number of rotatable bonds is 8. The van der Waals surface area contributed by atoms with Crippen LogP contribution < -0.4 is 10.6 Å². The Hall–Kier alpha value is -3.19. The van der Waals surface area contributed by atoms with Crippen LogP contribution in [0.25, 0.3) is 11.3 Å².